The molecule has 2 aliphatic heterocycles. The molecule has 174 valence electrons. The molecule has 2 heterocycles. The summed E-state index contributed by atoms with van der Waals surface area (Å²) >= 11 is 6.03. The molecule has 1 aliphatic carbocycles. The Kier molecular flexibility index (Phi) is 5.73. The standard InChI is InChI=1S/C26H23ClN2O5/c1-15-11-19(9-10-22(15)29-24(31)20-7-2-3-8-21(20)25(29)32)34-26(33)16-12-23(30)28(14-16)18-6-4-5-17(27)13-18/h2-6,9-11,13,16,20-21H,7-8,12,14H2,1H3/t16-,20-,21+/m0/s1. The molecule has 3 aliphatic rings. The Bertz CT molecular complexity index is 1210. The van der Waals surface area contributed by atoms with Crippen LogP contribution in [0, 0.1) is 24.7 Å². The van der Waals surface area contributed by atoms with Crippen molar-refractivity contribution in [2.24, 2.45) is 17.8 Å². The summed E-state index contributed by atoms with van der Waals surface area (Å²) in [6, 6.07) is 11.8. The lowest BCUT2D eigenvalue weighted by atomic mass is 9.85. The number of ether oxygens (including phenoxy) is 1. The van der Waals surface area contributed by atoms with Crippen molar-refractivity contribution in [3.63, 3.8) is 0 Å². The lowest BCUT2D eigenvalue weighted by molar-refractivity contribution is -0.139. The summed E-state index contributed by atoms with van der Waals surface area (Å²) in [6.45, 7) is 1.98. The Balaban J connectivity index is 1.28. The molecule has 2 aromatic rings. The zero-order valence-electron chi connectivity index (χ0n) is 18.6. The monoisotopic (exact) mass is 478 g/mol. The van der Waals surface area contributed by atoms with E-state index in [2.05, 4.69) is 0 Å². The van der Waals surface area contributed by atoms with Gasteiger partial charge in [0.2, 0.25) is 17.7 Å². The zero-order valence-corrected chi connectivity index (χ0v) is 19.3. The maximum Gasteiger partial charge on any atom is 0.316 e. The molecule has 0 saturated carbocycles. The van der Waals surface area contributed by atoms with Gasteiger partial charge in [-0.3, -0.25) is 19.2 Å². The largest absolute Gasteiger partial charge is 0.426 e. The summed E-state index contributed by atoms with van der Waals surface area (Å²) in [5.41, 5.74) is 1.80. The second-order valence-electron chi connectivity index (χ2n) is 8.92. The summed E-state index contributed by atoms with van der Waals surface area (Å²) in [7, 11) is 0. The minimum Gasteiger partial charge on any atom is -0.426 e. The number of imide groups is 1. The number of amides is 3. The number of carbonyl (C=O) groups excluding carboxylic acids is 4. The van der Waals surface area contributed by atoms with Crippen molar-refractivity contribution in [2.45, 2.75) is 26.2 Å². The molecule has 2 saturated heterocycles. The topological polar surface area (TPSA) is 84.0 Å². The predicted octanol–water partition coefficient (Wildman–Crippen LogP) is 4.06. The molecule has 2 fully saturated rings. The van der Waals surface area contributed by atoms with Gasteiger partial charge in [-0.2, -0.15) is 0 Å². The third-order valence-electron chi connectivity index (χ3n) is 6.71. The van der Waals surface area contributed by atoms with Crippen LogP contribution < -0.4 is 14.5 Å². The molecule has 0 unspecified atom stereocenters. The van der Waals surface area contributed by atoms with E-state index in [-0.39, 0.29) is 42.5 Å². The SMILES string of the molecule is Cc1cc(OC(=O)[C@H]2CC(=O)N(c3cccc(Cl)c3)C2)ccc1N1C(=O)[C@H]2CC=CC[C@H]2C1=O. The Morgan fingerprint density at radius 1 is 1.00 bits per heavy atom. The minimum atomic E-state index is -0.608. The third-order valence-corrected chi connectivity index (χ3v) is 6.95. The second kappa shape index (κ2) is 8.72. The first-order valence-corrected chi connectivity index (χ1v) is 11.6. The van der Waals surface area contributed by atoms with Crippen LogP contribution in [0.5, 0.6) is 5.75 Å². The molecule has 34 heavy (non-hydrogen) atoms. The number of fused-ring (bicyclic) bond motifs is 1. The molecule has 0 spiro atoms. The molecule has 0 N–H and O–H groups in total. The first-order chi connectivity index (χ1) is 16.3. The number of nitrogens with zero attached hydrogens (tertiary/aromatic N) is 2. The fourth-order valence-electron chi connectivity index (χ4n) is 4.94. The number of hydrogen-bond donors (Lipinski definition) is 0. The number of anilines is 2. The van der Waals surface area contributed by atoms with Crippen LogP contribution in [0.1, 0.15) is 24.8 Å². The normalized spacial score (nSPS) is 24.1. The highest BCUT2D eigenvalue weighted by Gasteiger charge is 2.48. The molecule has 0 bridgehead atoms. The maximum atomic E-state index is 12.9. The molecule has 3 amide bonds. The Morgan fingerprint density at radius 2 is 1.71 bits per heavy atom. The van der Waals surface area contributed by atoms with Crippen molar-refractivity contribution in [1.82, 2.24) is 0 Å². The predicted molar refractivity (Wildman–Crippen MR) is 127 cm³/mol. The van der Waals surface area contributed by atoms with E-state index in [4.69, 9.17) is 16.3 Å². The number of carbonyl (C=O) groups is 4. The summed E-state index contributed by atoms with van der Waals surface area (Å²) < 4.78 is 5.56. The molecule has 0 radical (unpaired) electrons. The average molecular weight is 479 g/mol. The van der Waals surface area contributed by atoms with Gasteiger partial charge in [0.1, 0.15) is 5.75 Å². The quantitative estimate of drug-likeness (QED) is 0.286. The van der Waals surface area contributed by atoms with E-state index in [1.807, 2.05) is 12.2 Å². The van der Waals surface area contributed by atoms with E-state index in [1.165, 1.54) is 9.80 Å². The first-order valence-electron chi connectivity index (χ1n) is 11.2. The van der Waals surface area contributed by atoms with Crippen molar-refractivity contribution < 1.29 is 23.9 Å². The van der Waals surface area contributed by atoms with Gasteiger partial charge in [-0.15, -0.1) is 0 Å². The number of halogens is 1. The zero-order chi connectivity index (χ0) is 24.0. The van der Waals surface area contributed by atoms with Crippen LogP contribution >= 0.6 is 11.6 Å². The number of esters is 1. The van der Waals surface area contributed by atoms with E-state index < -0.39 is 11.9 Å². The van der Waals surface area contributed by atoms with Crippen LogP contribution in [-0.2, 0) is 19.2 Å². The van der Waals surface area contributed by atoms with Crippen LogP contribution in [0.2, 0.25) is 5.02 Å². The van der Waals surface area contributed by atoms with Gasteiger partial charge in [0, 0.05) is 23.7 Å². The summed E-state index contributed by atoms with van der Waals surface area (Å²) in [5.74, 6) is -1.96. The molecule has 7 nitrogen and oxygen atoms in total. The van der Waals surface area contributed by atoms with Crippen LogP contribution in [0.4, 0.5) is 11.4 Å². The average Bonchev–Trinajstić information content (AvgIpc) is 3.32. The van der Waals surface area contributed by atoms with Crippen molar-refractivity contribution >= 4 is 46.7 Å². The van der Waals surface area contributed by atoms with E-state index in [9.17, 15) is 19.2 Å². The van der Waals surface area contributed by atoms with Gasteiger partial charge >= 0.3 is 5.97 Å². The van der Waals surface area contributed by atoms with Crippen LogP contribution in [-0.4, -0.2) is 30.2 Å². The fraction of sp³-hybridized carbons (Fsp3) is 0.308. The van der Waals surface area contributed by atoms with Gasteiger partial charge in [0.05, 0.1) is 23.4 Å². The van der Waals surface area contributed by atoms with Gasteiger partial charge < -0.3 is 9.64 Å². The highest BCUT2D eigenvalue weighted by atomic mass is 35.5. The molecular weight excluding hydrogens is 456 g/mol. The molecule has 3 atom stereocenters. The third kappa shape index (κ3) is 3.90. The van der Waals surface area contributed by atoms with Gasteiger partial charge in [0.15, 0.2) is 0 Å². The fourth-order valence-corrected chi connectivity index (χ4v) is 5.12. The molecular formula is C26H23ClN2O5. The number of benzene rings is 2. The van der Waals surface area contributed by atoms with Gasteiger partial charge in [-0.1, -0.05) is 29.8 Å². The van der Waals surface area contributed by atoms with Gasteiger partial charge in [0.25, 0.3) is 0 Å². The smallest absolute Gasteiger partial charge is 0.316 e. The van der Waals surface area contributed by atoms with Crippen molar-refractivity contribution in [1.29, 1.82) is 0 Å². The highest BCUT2D eigenvalue weighted by molar-refractivity contribution is 6.31. The number of aryl methyl sites for hydroxylation is 1. The maximum absolute atomic E-state index is 12.9. The first kappa shape index (κ1) is 22.3. The molecule has 5 rings (SSSR count). The van der Waals surface area contributed by atoms with Crippen molar-refractivity contribution in [2.75, 3.05) is 16.3 Å². The van der Waals surface area contributed by atoms with Crippen LogP contribution in [0.25, 0.3) is 0 Å². The molecule has 8 heteroatoms. The van der Waals surface area contributed by atoms with E-state index in [1.54, 1.807) is 49.4 Å². The number of hydrogen-bond acceptors (Lipinski definition) is 5. The summed E-state index contributed by atoms with van der Waals surface area (Å²) in [4.78, 5) is 53.8. The van der Waals surface area contributed by atoms with Crippen LogP contribution in [0.15, 0.2) is 54.6 Å². The second-order valence-corrected chi connectivity index (χ2v) is 9.36. The number of allylic oxidation sites excluding steroid dienone is 2. The Hall–Kier alpha value is -3.45. The lowest BCUT2D eigenvalue weighted by Crippen LogP contribution is -2.31. The number of rotatable bonds is 4. The molecule has 0 aromatic heterocycles. The highest BCUT2D eigenvalue weighted by Crippen LogP contribution is 2.39. The van der Waals surface area contributed by atoms with E-state index >= 15 is 0 Å². The van der Waals surface area contributed by atoms with Crippen molar-refractivity contribution in [3.8, 4) is 5.75 Å². The minimum absolute atomic E-state index is 0.0516. The lowest BCUT2D eigenvalue weighted by Gasteiger charge is -2.19. The molecule has 2 aromatic carbocycles. The summed E-state index contributed by atoms with van der Waals surface area (Å²) in [5, 5.41) is 0.511. The van der Waals surface area contributed by atoms with Crippen molar-refractivity contribution in [3.05, 3.63) is 65.2 Å². The van der Waals surface area contributed by atoms with Gasteiger partial charge in [-0.05, 0) is 61.7 Å². The Labute approximate surface area is 201 Å². The van der Waals surface area contributed by atoms with E-state index in [0.29, 0.717) is 40.6 Å². The van der Waals surface area contributed by atoms with Gasteiger partial charge in [-0.25, -0.2) is 4.90 Å². The van der Waals surface area contributed by atoms with E-state index in [0.717, 1.165) is 0 Å². The Morgan fingerprint density at radius 3 is 2.35 bits per heavy atom. The summed E-state index contributed by atoms with van der Waals surface area (Å²) in [6.07, 6.45) is 5.11. The van der Waals surface area contributed by atoms with Crippen LogP contribution in [0.3, 0.4) is 0 Å².